The van der Waals surface area contributed by atoms with Crippen LogP contribution in [0.1, 0.15) is 51.5 Å². The van der Waals surface area contributed by atoms with Crippen LogP contribution < -0.4 is 14.8 Å². The van der Waals surface area contributed by atoms with Crippen LogP contribution in [0.3, 0.4) is 0 Å². The summed E-state index contributed by atoms with van der Waals surface area (Å²) in [5, 5.41) is 3.82. The highest BCUT2D eigenvalue weighted by Crippen LogP contribution is 2.32. The van der Waals surface area contributed by atoms with Crippen molar-refractivity contribution in [3.8, 4) is 11.5 Å². The maximum Gasteiger partial charge on any atom is 0.270 e. The lowest BCUT2D eigenvalue weighted by molar-refractivity contribution is -0.128. The van der Waals surface area contributed by atoms with Crippen LogP contribution >= 0.6 is 0 Å². The number of amides is 1. The summed E-state index contributed by atoms with van der Waals surface area (Å²) in [6, 6.07) is 7.61. The maximum atomic E-state index is 13.1. The number of fused-ring (bicyclic) bond motifs is 1. The SMILES string of the molecule is COCCOc1cc(C(=O)N[C@H]2CCN(C(C)C)C2)nc2c(OCC(=O)C(C)(C)C)cccc12. The number of carbonyl (C=O) groups is 2. The smallest absolute Gasteiger partial charge is 0.270 e. The van der Waals surface area contributed by atoms with Crippen molar-refractivity contribution < 1.29 is 23.8 Å². The Morgan fingerprint density at radius 1 is 1.18 bits per heavy atom. The van der Waals surface area contributed by atoms with Gasteiger partial charge in [-0.2, -0.15) is 0 Å². The molecule has 1 atom stereocenters. The Bertz CT molecular complexity index is 1020. The van der Waals surface area contributed by atoms with Gasteiger partial charge in [0, 0.05) is 49.2 Å². The highest BCUT2D eigenvalue weighted by Gasteiger charge is 2.27. The number of hydrogen-bond donors (Lipinski definition) is 1. The average molecular weight is 472 g/mol. The number of likely N-dealkylation sites (tertiary alicyclic amines) is 1. The third kappa shape index (κ3) is 6.45. The lowest BCUT2D eigenvalue weighted by Gasteiger charge is -2.20. The van der Waals surface area contributed by atoms with Gasteiger partial charge < -0.3 is 19.5 Å². The summed E-state index contributed by atoms with van der Waals surface area (Å²) in [5.74, 6) is 0.684. The molecule has 1 aromatic heterocycles. The monoisotopic (exact) mass is 471 g/mol. The van der Waals surface area contributed by atoms with Crippen LogP contribution in [0.15, 0.2) is 24.3 Å². The van der Waals surface area contributed by atoms with Crippen LogP contribution in [0.5, 0.6) is 11.5 Å². The number of Topliss-reactive ketones (excluding diaryl/α,β-unsaturated/α-hetero) is 1. The minimum Gasteiger partial charge on any atom is -0.490 e. The first kappa shape index (κ1) is 25.9. The molecule has 8 heteroatoms. The molecule has 0 spiro atoms. The molecule has 3 rings (SSSR count). The fraction of sp³-hybridized carbons (Fsp3) is 0.577. The second-order valence-electron chi connectivity index (χ2n) is 10.0. The third-order valence-corrected chi connectivity index (χ3v) is 6.02. The molecule has 0 radical (unpaired) electrons. The standard InChI is InChI=1S/C26H37N3O5/c1-17(2)29-11-10-18(15-29)27-25(31)20-14-22(33-13-12-32-6)19-8-7-9-21(24(19)28-20)34-16-23(30)26(3,4)5/h7-9,14,17-18H,10-13,15-16H2,1-6H3,(H,27,31)/t18-/m0/s1. The minimum absolute atomic E-state index is 0.0223. The summed E-state index contributed by atoms with van der Waals surface area (Å²) < 4.78 is 16.9. The quantitative estimate of drug-likeness (QED) is 0.531. The highest BCUT2D eigenvalue weighted by atomic mass is 16.5. The topological polar surface area (TPSA) is 90.0 Å². The fourth-order valence-electron chi connectivity index (χ4n) is 3.77. The Morgan fingerprint density at radius 3 is 2.59 bits per heavy atom. The molecule has 0 aliphatic carbocycles. The normalized spacial score (nSPS) is 16.7. The number of carbonyl (C=O) groups excluding carboxylic acids is 2. The van der Waals surface area contributed by atoms with Gasteiger partial charge in [0.05, 0.1) is 6.61 Å². The highest BCUT2D eigenvalue weighted by molar-refractivity contribution is 5.98. The summed E-state index contributed by atoms with van der Waals surface area (Å²) in [5.41, 5.74) is 0.225. The molecule has 1 N–H and O–H groups in total. The van der Waals surface area contributed by atoms with E-state index in [0.717, 1.165) is 19.5 Å². The van der Waals surface area contributed by atoms with Crippen molar-refractivity contribution >= 4 is 22.6 Å². The van der Waals surface area contributed by atoms with Crippen molar-refractivity contribution in [2.45, 2.75) is 53.1 Å². The fourth-order valence-corrected chi connectivity index (χ4v) is 3.77. The molecule has 8 nitrogen and oxygen atoms in total. The molecule has 1 saturated heterocycles. The van der Waals surface area contributed by atoms with E-state index in [2.05, 4.69) is 29.0 Å². The number of aromatic nitrogens is 1. The summed E-state index contributed by atoms with van der Waals surface area (Å²) >= 11 is 0. The number of hydrogen-bond acceptors (Lipinski definition) is 7. The van der Waals surface area contributed by atoms with E-state index in [1.54, 1.807) is 19.2 Å². The van der Waals surface area contributed by atoms with Gasteiger partial charge in [0.15, 0.2) is 5.78 Å². The summed E-state index contributed by atoms with van der Waals surface area (Å²) in [6.07, 6.45) is 0.901. The first-order valence-electron chi connectivity index (χ1n) is 11.9. The second kappa shape index (κ2) is 11.1. The van der Waals surface area contributed by atoms with Gasteiger partial charge in [-0.05, 0) is 32.4 Å². The third-order valence-electron chi connectivity index (χ3n) is 6.02. The molecule has 1 fully saturated rings. The van der Waals surface area contributed by atoms with E-state index in [1.165, 1.54) is 0 Å². The minimum atomic E-state index is -0.511. The maximum absolute atomic E-state index is 13.1. The van der Waals surface area contributed by atoms with Gasteiger partial charge in [0.25, 0.3) is 5.91 Å². The molecule has 1 amide bonds. The molecule has 1 aliphatic heterocycles. The second-order valence-corrected chi connectivity index (χ2v) is 10.0. The van der Waals surface area contributed by atoms with Gasteiger partial charge >= 0.3 is 0 Å². The van der Waals surface area contributed by atoms with E-state index in [1.807, 2.05) is 32.9 Å². The number of ether oxygens (including phenoxy) is 3. The number of pyridine rings is 1. The summed E-state index contributed by atoms with van der Waals surface area (Å²) in [6.45, 7) is 12.3. The van der Waals surface area contributed by atoms with Gasteiger partial charge in [0.1, 0.15) is 35.9 Å². The molecule has 1 aliphatic rings. The van der Waals surface area contributed by atoms with Crippen molar-refractivity contribution in [3.05, 3.63) is 30.0 Å². The number of methoxy groups -OCH3 is 1. The van der Waals surface area contributed by atoms with Crippen molar-refractivity contribution in [2.24, 2.45) is 5.41 Å². The van der Waals surface area contributed by atoms with Gasteiger partial charge in [0.2, 0.25) is 0 Å². The number of rotatable bonds is 10. The number of nitrogens with one attached hydrogen (secondary N) is 1. The van der Waals surface area contributed by atoms with E-state index in [4.69, 9.17) is 14.2 Å². The van der Waals surface area contributed by atoms with Gasteiger partial charge in [-0.1, -0.05) is 26.8 Å². The lowest BCUT2D eigenvalue weighted by atomic mass is 9.91. The van der Waals surface area contributed by atoms with E-state index in [9.17, 15) is 9.59 Å². The number of ketones is 1. The van der Waals surface area contributed by atoms with Gasteiger partial charge in [-0.15, -0.1) is 0 Å². The Balaban J connectivity index is 1.89. The first-order valence-corrected chi connectivity index (χ1v) is 11.9. The predicted octanol–water partition coefficient (Wildman–Crippen LogP) is 3.47. The van der Waals surface area contributed by atoms with Crippen LogP contribution in [0.2, 0.25) is 0 Å². The van der Waals surface area contributed by atoms with E-state index in [-0.39, 0.29) is 30.0 Å². The molecule has 2 aromatic rings. The molecule has 186 valence electrons. The van der Waals surface area contributed by atoms with Crippen LogP contribution in [0.4, 0.5) is 0 Å². The van der Waals surface area contributed by atoms with Crippen molar-refractivity contribution in [1.82, 2.24) is 15.2 Å². The number of benzene rings is 1. The molecular weight excluding hydrogens is 434 g/mol. The zero-order chi connectivity index (χ0) is 24.9. The molecule has 0 unspecified atom stereocenters. The largest absolute Gasteiger partial charge is 0.490 e. The Hall–Kier alpha value is -2.71. The molecule has 2 heterocycles. The molecule has 1 aromatic carbocycles. The zero-order valence-corrected chi connectivity index (χ0v) is 21.1. The van der Waals surface area contributed by atoms with Gasteiger partial charge in [-0.25, -0.2) is 4.98 Å². The van der Waals surface area contributed by atoms with Crippen molar-refractivity contribution in [3.63, 3.8) is 0 Å². The van der Waals surface area contributed by atoms with E-state index < -0.39 is 5.41 Å². The van der Waals surface area contributed by atoms with E-state index in [0.29, 0.717) is 41.7 Å². The first-order chi connectivity index (χ1) is 16.1. The summed E-state index contributed by atoms with van der Waals surface area (Å²) in [7, 11) is 1.60. The number of para-hydroxylation sites is 1. The summed E-state index contributed by atoms with van der Waals surface area (Å²) in [4.78, 5) is 32.5. The van der Waals surface area contributed by atoms with Gasteiger partial charge in [-0.3, -0.25) is 14.5 Å². The van der Waals surface area contributed by atoms with Crippen molar-refractivity contribution in [2.75, 3.05) is 40.0 Å². The number of nitrogens with zero attached hydrogens (tertiary/aromatic N) is 2. The van der Waals surface area contributed by atoms with Crippen LogP contribution in [0, 0.1) is 5.41 Å². The van der Waals surface area contributed by atoms with Crippen molar-refractivity contribution in [1.29, 1.82) is 0 Å². The predicted molar refractivity (Wildman–Crippen MR) is 132 cm³/mol. The van der Waals surface area contributed by atoms with Crippen LogP contribution in [-0.4, -0.2) is 73.7 Å². The Kier molecular flexibility index (Phi) is 8.49. The van der Waals surface area contributed by atoms with E-state index >= 15 is 0 Å². The molecule has 0 saturated carbocycles. The molecular formula is C26H37N3O5. The average Bonchev–Trinajstić information content (AvgIpc) is 3.25. The molecule has 0 bridgehead atoms. The zero-order valence-electron chi connectivity index (χ0n) is 21.1. The van der Waals surface area contributed by atoms with Crippen LogP contribution in [-0.2, 0) is 9.53 Å². The molecule has 34 heavy (non-hydrogen) atoms. The Labute approximate surface area is 202 Å². The van der Waals surface area contributed by atoms with Crippen LogP contribution in [0.25, 0.3) is 10.9 Å². The lowest BCUT2D eigenvalue weighted by Crippen LogP contribution is -2.38. The Morgan fingerprint density at radius 2 is 1.94 bits per heavy atom.